The number of nitrogens with zero attached hydrogens (tertiary/aromatic N) is 2. The summed E-state index contributed by atoms with van der Waals surface area (Å²) in [5, 5.41) is 12.9. The zero-order valence-corrected chi connectivity index (χ0v) is 40.9. The van der Waals surface area contributed by atoms with Crippen LogP contribution in [0.5, 0.6) is 11.5 Å². The molecule has 0 aliphatic rings. The highest BCUT2D eigenvalue weighted by molar-refractivity contribution is 9.10. The molecule has 1 amide bonds. The molecule has 12 nitrogen and oxygen atoms in total. The van der Waals surface area contributed by atoms with Crippen molar-refractivity contribution in [3.63, 3.8) is 0 Å². The molecule has 68 heavy (non-hydrogen) atoms. The number of aliphatic carboxylic acids is 1. The molecule has 354 valence electrons. The number of carboxylic acids is 1. The number of halogens is 1. The molecule has 2 aromatic heterocycles. The van der Waals surface area contributed by atoms with E-state index in [1.807, 2.05) is 132 Å². The van der Waals surface area contributed by atoms with E-state index in [4.69, 9.17) is 24.1 Å². The van der Waals surface area contributed by atoms with Crippen molar-refractivity contribution in [2.24, 2.45) is 0 Å². The van der Waals surface area contributed by atoms with Crippen LogP contribution in [0.15, 0.2) is 150 Å². The summed E-state index contributed by atoms with van der Waals surface area (Å²) in [6.45, 7) is 11.2. The molecule has 2 heterocycles. The highest BCUT2D eigenvalue weighted by atomic mass is 79.9. The first-order chi connectivity index (χ1) is 33.0. The van der Waals surface area contributed by atoms with Crippen LogP contribution in [0.4, 0.5) is 0 Å². The predicted octanol–water partition coefficient (Wildman–Crippen LogP) is 9.11. The Morgan fingerprint density at radius 3 is 1.87 bits per heavy atom. The average Bonchev–Trinajstić information content (AvgIpc) is 3.66. The van der Waals surface area contributed by atoms with Crippen LogP contribution in [0, 0.1) is 0 Å². The lowest BCUT2D eigenvalue weighted by Gasteiger charge is -2.36. The van der Waals surface area contributed by atoms with Gasteiger partial charge in [0.2, 0.25) is 0 Å². The largest absolute Gasteiger partial charge is 0.497 e. The van der Waals surface area contributed by atoms with Crippen molar-refractivity contribution in [3.05, 3.63) is 184 Å². The first-order valence-electron chi connectivity index (χ1n) is 22.8. The fourth-order valence-corrected chi connectivity index (χ4v) is 8.78. The van der Waals surface area contributed by atoms with E-state index in [0.29, 0.717) is 28.2 Å². The fraction of sp³-hybridized carbons (Fsp3) is 0.273. The third-order valence-corrected chi connectivity index (χ3v) is 12.7. The van der Waals surface area contributed by atoms with Crippen LogP contribution in [0.3, 0.4) is 0 Å². The molecule has 0 fully saturated rings. The number of carboxylic acid groups (broad SMARTS) is 1. The number of quaternary nitrogens is 1. The molecule has 5 aromatic carbocycles. The van der Waals surface area contributed by atoms with Crippen LogP contribution in [0.25, 0.3) is 22.0 Å². The molecule has 7 aromatic rings. The minimum atomic E-state index is -1.06. The first kappa shape index (κ1) is 50.6. The molecule has 0 atom stereocenters. The molecule has 0 bridgehead atoms. The van der Waals surface area contributed by atoms with Gasteiger partial charge >= 0.3 is 11.9 Å². The second-order valence-corrected chi connectivity index (χ2v) is 16.8. The van der Waals surface area contributed by atoms with Gasteiger partial charge in [-0.1, -0.05) is 97.1 Å². The van der Waals surface area contributed by atoms with Crippen LogP contribution in [-0.2, 0) is 37.8 Å². The maximum Gasteiger partial charge on any atom is 0.306 e. The van der Waals surface area contributed by atoms with Crippen LogP contribution in [0.2, 0.25) is 0 Å². The van der Waals surface area contributed by atoms with Gasteiger partial charge in [-0.15, -0.1) is 0 Å². The van der Waals surface area contributed by atoms with Gasteiger partial charge < -0.3 is 38.8 Å². The lowest BCUT2D eigenvalue weighted by molar-refractivity contribution is -0.894. The van der Waals surface area contributed by atoms with Gasteiger partial charge in [-0.25, -0.2) is 0 Å². The maximum absolute atomic E-state index is 14.4. The third kappa shape index (κ3) is 12.6. The number of aromatic nitrogens is 2. The number of ether oxygens (including phenoxy) is 4. The quantitative estimate of drug-likeness (QED) is 0.0365. The van der Waals surface area contributed by atoms with E-state index in [9.17, 15) is 14.4 Å². The molecule has 3 N–H and O–H groups in total. The number of benzene rings is 5. The van der Waals surface area contributed by atoms with E-state index in [0.717, 1.165) is 49.8 Å². The number of fused-ring (bicyclic) bond motifs is 1. The standard InChI is InChI=1S/C49H44BrN3O8.C6H15N/c1-58-40-19-15-38(16-20-40)49(37-8-4-3-5-9-37,39-17-21-41(59-2)22-18-39)61-28-27-52-48(57)47-46(50)42-23-14-35(36-7-6-26-51-30-36)29-43(42)53(47)31-33-10-12-34(13-11-33)32-60-45(56)25-24-44(54)55;1-4-7(5-2)6-3/h3-23,26,29-30H,24-25,27-28,31-32H2,1-2H3,(H,52,57)(H,54,55);4-6H2,1-3H3/p+1. The summed E-state index contributed by atoms with van der Waals surface area (Å²) in [5.74, 6) is -0.495. The topological polar surface area (TPSA) is 143 Å². The van der Waals surface area contributed by atoms with Crippen molar-refractivity contribution < 1.29 is 43.3 Å². The van der Waals surface area contributed by atoms with Gasteiger partial charge in [0.1, 0.15) is 29.4 Å². The van der Waals surface area contributed by atoms with Gasteiger partial charge in [0.05, 0.1) is 63.3 Å². The molecule has 0 saturated heterocycles. The van der Waals surface area contributed by atoms with Gasteiger partial charge in [0.15, 0.2) is 0 Å². The highest BCUT2D eigenvalue weighted by Gasteiger charge is 2.38. The maximum atomic E-state index is 14.4. The molecule has 0 radical (unpaired) electrons. The molecule has 0 aliphatic carbocycles. The van der Waals surface area contributed by atoms with Gasteiger partial charge in [-0.05, 0) is 106 Å². The molecule has 0 aliphatic heterocycles. The van der Waals surface area contributed by atoms with Crippen LogP contribution in [-0.4, -0.2) is 79.5 Å². The molecular weight excluding hydrogens is 925 g/mol. The Morgan fingerprint density at radius 1 is 0.721 bits per heavy atom. The van der Waals surface area contributed by atoms with Crippen LogP contribution < -0.4 is 19.7 Å². The molecule has 0 unspecified atom stereocenters. The van der Waals surface area contributed by atoms with Crippen molar-refractivity contribution >= 4 is 44.7 Å². The van der Waals surface area contributed by atoms with E-state index >= 15 is 0 Å². The molecule has 7 rings (SSSR count). The first-order valence-corrected chi connectivity index (χ1v) is 23.6. The normalized spacial score (nSPS) is 11.2. The van der Waals surface area contributed by atoms with E-state index < -0.39 is 17.5 Å². The van der Waals surface area contributed by atoms with Gasteiger partial charge in [0.25, 0.3) is 5.91 Å². The Balaban J connectivity index is 0.00000101. The smallest absolute Gasteiger partial charge is 0.306 e. The van der Waals surface area contributed by atoms with Crippen molar-refractivity contribution in [2.75, 3.05) is 47.0 Å². The number of esters is 1. The summed E-state index contributed by atoms with van der Waals surface area (Å²) < 4.78 is 25.9. The van der Waals surface area contributed by atoms with Crippen molar-refractivity contribution in [3.8, 4) is 22.6 Å². The Kier molecular flexibility index (Phi) is 18.5. The van der Waals surface area contributed by atoms with E-state index in [1.165, 1.54) is 19.6 Å². The van der Waals surface area contributed by atoms with Crippen LogP contribution in [0.1, 0.15) is 71.9 Å². The number of nitrogens with one attached hydrogen (secondary N) is 2. The SMILES string of the molecule is CC[NH+](CC)CC.COc1ccc(C(OCCNC(=O)c2c(Br)c3ccc(-c4cccnc4)cc3n2Cc2ccc(COC(=O)CCC(=O)O)cc2)(c2ccccc2)c2ccc(OC)cc2)cc1. The molecule has 0 saturated carbocycles. The zero-order chi connectivity index (χ0) is 48.5. The number of hydrogen-bond acceptors (Lipinski definition) is 8. The van der Waals surface area contributed by atoms with Gasteiger partial charge in [0, 0.05) is 36.4 Å². The fourth-order valence-electron chi connectivity index (χ4n) is 8.05. The number of pyridine rings is 1. The summed E-state index contributed by atoms with van der Waals surface area (Å²) in [7, 11) is 3.26. The van der Waals surface area contributed by atoms with Crippen molar-refractivity contribution in [1.29, 1.82) is 0 Å². The number of methoxy groups -OCH3 is 2. The number of carbonyl (C=O) groups excluding carboxylic acids is 2. The van der Waals surface area contributed by atoms with Gasteiger partial charge in [-0.3, -0.25) is 19.4 Å². The lowest BCUT2D eigenvalue weighted by Crippen LogP contribution is -3.11. The lowest BCUT2D eigenvalue weighted by atomic mass is 9.80. The summed E-state index contributed by atoms with van der Waals surface area (Å²) in [6, 6.07) is 43.1. The average molecular weight is 985 g/mol. The Morgan fingerprint density at radius 2 is 1.32 bits per heavy atom. The Labute approximate surface area is 407 Å². The van der Waals surface area contributed by atoms with Gasteiger partial charge in [-0.2, -0.15) is 0 Å². The summed E-state index contributed by atoms with van der Waals surface area (Å²) in [5.41, 5.74) is 6.44. The summed E-state index contributed by atoms with van der Waals surface area (Å²) >= 11 is 3.79. The number of rotatable bonds is 21. The Hall–Kier alpha value is -6.80. The molecule has 0 spiro atoms. The van der Waals surface area contributed by atoms with Crippen molar-refractivity contribution in [2.45, 2.75) is 52.4 Å². The summed E-state index contributed by atoms with van der Waals surface area (Å²) in [4.78, 5) is 43.3. The second-order valence-electron chi connectivity index (χ2n) is 16.0. The molecular formula is C55H60BrN4O8+. The summed E-state index contributed by atoms with van der Waals surface area (Å²) in [6.07, 6.45) is 3.05. The number of hydrogen-bond donors (Lipinski definition) is 3. The predicted molar refractivity (Wildman–Crippen MR) is 268 cm³/mol. The Bertz CT molecular complexity index is 2650. The van der Waals surface area contributed by atoms with E-state index in [2.05, 4.69) is 53.1 Å². The number of amides is 1. The van der Waals surface area contributed by atoms with Crippen LogP contribution >= 0.6 is 15.9 Å². The van der Waals surface area contributed by atoms with Crippen molar-refractivity contribution in [1.82, 2.24) is 14.9 Å². The monoisotopic (exact) mass is 983 g/mol. The minimum absolute atomic E-state index is 0.0173. The molecule has 13 heteroatoms. The zero-order valence-electron chi connectivity index (χ0n) is 39.3. The highest BCUT2D eigenvalue weighted by Crippen LogP contribution is 2.42. The number of carbonyl (C=O) groups is 3. The van der Waals surface area contributed by atoms with E-state index in [1.54, 1.807) is 31.5 Å². The minimum Gasteiger partial charge on any atom is -0.497 e. The third-order valence-electron chi connectivity index (χ3n) is 11.9. The van der Waals surface area contributed by atoms with E-state index in [-0.39, 0.29) is 38.5 Å². The second kappa shape index (κ2) is 24.8.